The molecule has 0 radical (unpaired) electrons. The Hall–Kier alpha value is -2.55. The first-order valence-corrected chi connectivity index (χ1v) is 10.5. The summed E-state index contributed by atoms with van der Waals surface area (Å²) in [7, 11) is 0. The van der Waals surface area contributed by atoms with Gasteiger partial charge in [0.15, 0.2) is 0 Å². The van der Waals surface area contributed by atoms with Crippen molar-refractivity contribution in [1.29, 1.82) is 0 Å². The average Bonchev–Trinajstić information content (AvgIpc) is 2.96. The lowest BCUT2D eigenvalue weighted by atomic mass is 10.2. The molecule has 0 spiro atoms. The molecule has 156 valence electrons. The van der Waals surface area contributed by atoms with Crippen LogP contribution >= 0.6 is 35.0 Å². The van der Waals surface area contributed by atoms with E-state index in [9.17, 15) is 19.2 Å². The Morgan fingerprint density at radius 3 is 2.57 bits per heavy atom. The van der Waals surface area contributed by atoms with Crippen LogP contribution in [-0.4, -0.2) is 34.0 Å². The Morgan fingerprint density at radius 1 is 1.10 bits per heavy atom. The number of amides is 3. The third kappa shape index (κ3) is 5.33. The zero-order valence-corrected chi connectivity index (χ0v) is 17.8. The van der Waals surface area contributed by atoms with Crippen LogP contribution < -0.4 is 10.2 Å². The Kier molecular flexibility index (Phi) is 7.02. The summed E-state index contributed by atoms with van der Waals surface area (Å²) in [5, 5.41) is 11.2. The molecule has 1 aliphatic heterocycles. The van der Waals surface area contributed by atoms with Crippen molar-refractivity contribution < 1.29 is 24.3 Å². The summed E-state index contributed by atoms with van der Waals surface area (Å²) in [6.45, 7) is 0. The number of carboxylic acid groups (broad SMARTS) is 1. The molecule has 0 bridgehead atoms. The van der Waals surface area contributed by atoms with Crippen molar-refractivity contribution in [1.82, 2.24) is 0 Å². The van der Waals surface area contributed by atoms with Crippen molar-refractivity contribution in [2.75, 3.05) is 10.2 Å². The molecule has 3 amide bonds. The average molecular weight is 467 g/mol. The molecule has 10 heteroatoms. The standard InChI is InChI=1S/C20H16Cl2N2O5S/c21-14-5-4-12(9-15(14)22)24-18(26)10-16(20(24)29)30-13-3-1-2-11(8-13)23-17(25)6-7-19(27)28/h1-5,8-9,16H,6-7,10H2,(H,23,25)(H,27,28)/t16-/m0/s1. The summed E-state index contributed by atoms with van der Waals surface area (Å²) in [5.41, 5.74) is 0.843. The molecule has 2 aromatic carbocycles. The maximum atomic E-state index is 12.8. The quantitative estimate of drug-likeness (QED) is 0.591. The molecule has 1 saturated heterocycles. The monoisotopic (exact) mass is 466 g/mol. The van der Waals surface area contributed by atoms with Crippen LogP contribution in [-0.2, 0) is 19.2 Å². The minimum absolute atomic E-state index is 0.0267. The molecule has 1 aliphatic rings. The Bertz CT molecular complexity index is 1030. The third-order valence-corrected chi connectivity index (χ3v) is 6.15. The Morgan fingerprint density at radius 2 is 1.87 bits per heavy atom. The van der Waals surface area contributed by atoms with Gasteiger partial charge in [-0.3, -0.25) is 19.2 Å². The normalized spacial score (nSPS) is 16.1. The Balaban J connectivity index is 1.68. The number of anilines is 2. The van der Waals surface area contributed by atoms with Crippen molar-refractivity contribution in [2.45, 2.75) is 29.4 Å². The van der Waals surface area contributed by atoms with Crippen LogP contribution in [0.1, 0.15) is 19.3 Å². The highest BCUT2D eigenvalue weighted by Gasteiger charge is 2.40. The third-order valence-electron chi connectivity index (χ3n) is 4.23. The first kappa shape index (κ1) is 22.1. The van der Waals surface area contributed by atoms with Gasteiger partial charge in [-0.2, -0.15) is 0 Å². The number of nitrogens with one attached hydrogen (secondary N) is 1. The van der Waals surface area contributed by atoms with Gasteiger partial charge in [-0.1, -0.05) is 29.3 Å². The van der Waals surface area contributed by atoms with Crippen molar-refractivity contribution in [3.63, 3.8) is 0 Å². The van der Waals surface area contributed by atoms with E-state index in [2.05, 4.69) is 5.32 Å². The van der Waals surface area contributed by atoms with E-state index in [1.807, 2.05) is 0 Å². The molecule has 2 aromatic rings. The molecular weight excluding hydrogens is 451 g/mol. The molecule has 0 saturated carbocycles. The summed E-state index contributed by atoms with van der Waals surface area (Å²) >= 11 is 13.1. The number of benzene rings is 2. The molecule has 2 N–H and O–H groups in total. The number of imide groups is 1. The second kappa shape index (κ2) is 9.51. The van der Waals surface area contributed by atoms with Gasteiger partial charge in [0, 0.05) is 23.4 Å². The highest BCUT2D eigenvalue weighted by Crippen LogP contribution is 2.36. The highest BCUT2D eigenvalue weighted by atomic mass is 35.5. The van der Waals surface area contributed by atoms with Gasteiger partial charge in [0.05, 0.1) is 27.4 Å². The summed E-state index contributed by atoms with van der Waals surface area (Å²) < 4.78 is 0. The minimum Gasteiger partial charge on any atom is -0.481 e. The summed E-state index contributed by atoms with van der Waals surface area (Å²) in [4.78, 5) is 49.4. The number of halogens is 2. The number of hydrogen-bond acceptors (Lipinski definition) is 5. The van der Waals surface area contributed by atoms with E-state index in [-0.39, 0.29) is 36.1 Å². The van der Waals surface area contributed by atoms with Gasteiger partial charge in [0.1, 0.15) is 0 Å². The number of hydrogen-bond donors (Lipinski definition) is 2. The van der Waals surface area contributed by atoms with E-state index in [4.69, 9.17) is 28.3 Å². The fraction of sp³-hybridized carbons (Fsp3) is 0.200. The van der Waals surface area contributed by atoms with E-state index < -0.39 is 17.1 Å². The van der Waals surface area contributed by atoms with E-state index in [0.717, 1.165) is 4.90 Å². The second-order valence-corrected chi connectivity index (χ2v) is 8.54. The molecule has 0 unspecified atom stereocenters. The lowest BCUT2D eigenvalue weighted by Crippen LogP contribution is -2.31. The van der Waals surface area contributed by atoms with Crippen LogP contribution in [0.15, 0.2) is 47.4 Å². The number of thioether (sulfide) groups is 1. The van der Waals surface area contributed by atoms with Crippen LogP contribution in [0.2, 0.25) is 10.0 Å². The van der Waals surface area contributed by atoms with Gasteiger partial charge in [-0.05, 0) is 36.4 Å². The molecular formula is C20H16Cl2N2O5S. The summed E-state index contributed by atoms with van der Waals surface area (Å²) in [5.74, 6) is -2.17. The van der Waals surface area contributed by atoms with Crippen LogP contribution in [0.25, 0.3) is 0 Å². The van der Waals surface area contributed by atoms with E-state index >= 15 is 0 Å². The number of carbonyl (C=O) groups excluding carboxylic acids is 3. The predicted molar refractivity (Wildman–Crippen MR) is 115 cm³/mol. The van der Waals surface area contributed by atoms with Crippen LogP contribution in [0.4, 0.5) is 11.4 Å². The number of rotatable bonds is 7. The van der Waals surface area contributed by atoms with E-state index in [1.165, 1.54) is 23.9 Å². The molecule has 1 heterocycles. The lowest BCUT2D eigenvalue weighted by molar-refractivity contribution is -0.138. The van der Waals surface area contributed by atoms with Crippen molar-refractivity contribution in [3.8, 4) is 0 Å². The molecule has 3 rings (SSSR count). The summed E-state index contributed by atoms with van der Waals surface area (Å²) in [6, 6.07) is 11.3. The lowest BCUT2D eigenvalue weighted by Gasteiger charge is -2.15. The minimum atomic E-state index is -1.05. The zero-order chi connectivity index (χ0) is 21.8. The fourth-order valence-electron chi connectivity index (χ4n) is 2.85. The van der Waals surface area contributed by atoms with Crippen LogP contribution in [0.3, 0.4) is 0 Å². The van der Waals surface area contributed by atoms with Crippen LogP contribution in [0.5, 0.6) is 0 Å². The second-order valence-electron chi connectivity index (χ2n) is 6.45. The highest BCUT2D eigenvalue weighted by molar-refractivity contribution is 8.00. The number of nitrogens with zero attached hydrogens (tertiary/aromatic N) is 1. The first-order valence-electron chi connectivity index (χ1n) is 8.85. The topological polar surface area (TPSA) is 104 Å². The molecule has 1 fully saturated rings. The molecule has 30 heavy (non-hydrogen) atoms. The van der Waals surface area contributed by atoms with Crippen molar-refractivity contribution >= 4 is 70.0 Å². The van der Waals surface area contributed by atoms with Crippen molar-refractivity contribution in [3.05, 3.63) is 52.5 Å². The largest absolute Gasteiger partial charge is 0.481 e. The number of carbonyl (C=O) groups is 4. The molecule has 0 aliphatic carbocycles. The van der Waals surface area contributed by atoms with Crippen LogP contribution in [0, 0.1) is 0 Å². The van der Waals surface area contributed by atoms with Gasteiger partial charge >= 0.3 is 5.97 Å². The predicted octanol–water partition coefficient (Wildman–Crippen LogP) is 4.22. The zero-order valence-electron chi connectivity index (χ0n) is 15.4. The van der Waals surface area contributed by atoms with E-state index in [0.29, 0.717) is 21.3 Å². The molecule has 7 nitrogen and oxygen atoms in total. The van der Waals surface area contributed by atoms with Gasteiger partial charge < -0.3 is 10.4 Å². The smallest absolute Gasteiger partial charge is 0.303 e. The Labute approximate surface area is 186 Å². The van der Waals surface area contributed by atoms with Crippen molar-refractivity contribution in [2.24, 2.45) is 0 Å². The maximum Gasteiger partial charge on any atom is 0.303 e. The molecule has 0 aromatic heterocycles. The van der Waals surface area contributed by atoms with Gasteiger partial charge in [-0.15, -0.1) is 11.8 Å². The van der Waals surface area contributed by atoms with Gasteiger partial charge in [-0.25, -0.2) is 4.90 Å². The summed E-state index contributed by atoms with van der Waals surface area (Å²) in [6.07, 6.45) is -0.372. The van der Waals surface area contributed by atoms with Gasteiger partial charge in [0.2, 0.25) is 17.7 Å². The number of aliphatic carboxylic acids is 1. The number of carboxylic acids is 1. The fourth-order valence-corrected chi connectivity index (χ4v) is 4.25. The molecule has 1 atom stereocenters. The SMILES string of the molecule is O=C(O)CCC(=O)Nc1cccc(S[C@H]2CC(=O)N(c3ccc(Cl)c(Cl)c3)C2=O)c1. The van der Waals surface area contributed by atoms with Gasteiger partial charge in [0.25, 0.3) is 0 Å². The van der Waals surface area contributed by atoms with E-state index in [1.54, 1.807) is 30.3 Å². The maximum absolute atomic E-state index is 12.8. The first-order chi connectivity index (χ1) is 14.2.